The smallest absolute Gasteiger partial charge is 0.348 e. The molecule has 8 heteroatoms. The van der Waals surface area contributed by atoms with Crippen molar-refractivity contribution in [2.45, 2.75) is 52.5 Å². The second-order valence-corrected chi connectivity index (χ2v) is 11.0. The van der Waals surface area contributed by atoms with Gasteiger partial charge in [-0.3, -0.25) is 9.59 Å². The van der Waals surface area contributed by atoms with Crippen molar-refractivity contribution in [3.05, 3.63) is 70.9 Å². The van der Waals surface area contributed by atoms with Crippen LogP contribution in [-0.2, 0) is 4.79 Å². The van der Waals surface area contributed by atoms with E-state index in [0.29, 0.717) is 22.2 Å². The van der Waals surface area contributed by atoms with E-state index in [1.807, 2.05) is 13.8 Å². The van der Waals surface area contributed by atoms with Crippen molar-refractivity contribution >= 4 is 40.5 Å². The minimum atomic E-state index is -1.07. The Labute approximate surface area is 220 Å². The van der Waals surface area contributed by atoms with Crippen molar-refractivity contribution in [2.24, 2.45) is 11.8 Å². The largest absolute Gasteiger partial charge is 0.477 e. The summed E-state index contributed by atoms with van der Waals surface area (Å²) in [6, 6.07) is 14.0. The van der Waals surface area contributed by atoms with Crippen LogP contribution in [0.2, 0.25) is 0 Å². The molecule has 0 spiro atoms. The molecule has 1 saturated carbocycles. The third kappa shape index (κ3) is 6.07. The second kappa shape index (κ2) is 11.3. The normalized spacial score (nSPS) is 17.4. The standard InChI is InChI=1S/C29H31FN2O4S/c1-17(2)32(28(34)20-9-7-18(3)8-10-20)24-16-25(37-26(24)29(35)36)19-11-13-23(14-12-19)31-27(33)21-5-4-6-22(30)15-21/h4-6,11-18,20H,7-10H2,1-3H3,(H,31,33)(H,35,36)/t18-,20-. The number of halogens is 1. The first-order valence-corrected chi connectivity index (χ1v) is 13.3. The molecule has 0 radical (unpaired) electrons. The molecule has 2 N–H and O–H groups in total. The van der Waals surface area contributed by atoms with Crippen LogP contribution in [0.4, 0.5) is 15.8 Å². The number of carbonyl (C=O) groups is 3. The summed E-state index contributed by atoms with van der Waals surface area (Å²) in [4.78, 5) is 40.6. The summed E-state index contributed by atoms with van der Waals surface area (Å²) in [6.07, 6.45) is 3.66. The van der Waals surface area contributed by atoms with E-state index in [1.165, 1.54) is 24.3 Å². The highest BCUT2D eigenvalue weighted by molar-refractivity contribution is 7.18. The van der Waals surface area contributed by atoms with Gasteiger partial charge in [0.15, 0.2) is 0 Å². The maximum absolute atomic E-state index is 13.5. The summed E-state index contributed by atoms with van der Waals surface area (Å²) in [5.74, 6) is -1.48. The summed E-state index contributed by atoms with van der Waals surface area (Å²) in [5, 5.41) is 12.7. The zero-order valence-corrected chi connectivity index (χ0v) is 22.0. The molecule has 0 aliphatic heterocycles. The van der Waals surface area contributed by atoms with Gasteiger partial charge in [-0.25, -0.2) is 9.18 Å². The zero-order valence-electron chi connectivity index (χ0n) is 21.2. The molecule has 6 nitrogen and oxygen atoms in total. The van der Waals surface area contributed by atoms with Crippen molar-refractivity contribution in [1.29, 1.82) is 0 Å². The number of amides is 2. The first kappa shape index (κ1) is 26.5. The fourth-order valence-corrected chi connectivity index (χ4v) is 5.76. The van der Waals surface area contributed by atoms with Crippen LogP contribution in [0.1, 0.15) is 66.5 Å². The fraction of sp³-hybridized carbons (Fsp3) is 0.345. The van der Waals surface area contributed by atoms with Crippen LogP contribution in [0.15, 0.2) is 54.6 Å². The van der Waals surface area contributed by atoms with Gasteiger partial charge in [-0.15, -0.1) is 11.3 Å². The monoisotopic (exact) mass is 522 g/mol. The van der Waals surface area contributed by atoms with Gasteiger partial charge in [-0.1, -0.05) is 25.1 Å². The van der Waals surface area contributed by atoms with E-state index in [1.54, 1.807) is 35.2 Å². The predicted octanol–water partition coefficient (Wildman–Crippen LogP) is 7.07. The molecule has 194 valence electrons. The van der Waals surface area contributed by atoms with Gasteiger partial charge in [-0.2, -0.15) is 0 Å². The lowest BCUT2D eigenvalue weighted by atomic mass is 9.82. The number of hydrogen-bond acceptors (Lipinski definition) is 4. The van der Waals surface area contributed by atoms with Gasteiger partial charge in [0.2, 0.25) is 5.91 Å². The van der Waals surface area contributed by atoms with E-state index in [4.69, 9.17) is 0 Å². The van der Waals surface area contributed by atoms with Crippen LogP contribution in [-0.4, -0.2) is 28.9 Å². The molecule has 1 aliphatic carbocycles. The SMILES string of the molecule is CC(C)N(c1cc(-c2ccc(NC(=O)c3cccc(F)c3)cc2)sc1C(=O)O)C(=O)[C@H]1CC[C@H](C)CC1. The molecule has 37 heavy (non-hydrogen) atoms. The minimum Gasteiger partial charge on any atom is -0.477 e. The number of nitrogens with zero attached hydrogens (tertiary/aromatic N) is 1. The predicted molar refractivity (Wildman–Crippen MR) is 145 cm³/mol. The molecule has 2 amide bonds. The molecule has 3 aromatic rings. The van der Waals surface area contributed by atoms with Crippen molar-refractivity contribution in [3.8, 4) is 10.4 Å². The van der Waals surface area contributed by atoms with Crippen LogP contribution in [0, 0.1) is 17.7 Å². The molecule has 1 aromatic heterocycles. The van der Waals surface area contributed by atoms with Crippen LogP contribution in [0.3, 0.4) is 0 Å². The van der Waals surface area contributed by atoms with Crippen LogP contribution in [0.25, 0.3) is 10.4 Å². The quantitative estimate of drug-likeness (QED) is 0.347. The van der Waals surface area contributed by atoms with E-state index in [2.05, 4.69) is 12.2 Å². The fourth-order valence-electron chi connectivity index (χ4n) is 4.76. The lowest BCUT2D eigenvalue weighted by Gasteiger charge is -2.33. The van der Waals surface area contributed by atoms with E-state index >= 15 is 0 Å². The molecule has 0 bridgehead atoms. The Balaban J connectivity index is 1.58. The number of hydrogen-bond donors (Lipinski definition) is 2. The van der Waals surface area contributed by atoms with Crippen molar-refractivity contribution in [2.75, 3.05) is 10.2 Å². The van der Waals surface area contributed by atoms with Gasteiger partial charge in [0, 0.05) is 28.1 Å². The summed E-state index contributed by atoms with van der Waals surface area (Å²) >= 11 is 1.13. The van der Waals surface area contributed by atoms with Crippen LogP contribution < -0.4 is 10.2 Å². The van der Waals surface area contributed by atoms with Gasteiger partial charge in [-0.05, 0) is 87.4 Å². The van der Waals surface area contributed by atoms with Crippen LogP contribution in [0.5, 0.6) is 0 Å². The summed E-state index contributed by atoms with van der Waals surface area (Å²) < 4.78 is 13.4. The number of benzene rings is 2. The molecule has 0 unspecified atom stereocenters. The number of carbonyl (C=O) groups excluding carboxylic acids is 2. The molecule has 4 rings (SSSR count). The molecular weight excluding hydrogens is 491 g/mol. The molecule has 2 aromatic carbocycles. The first-order chi connectivity index (χ1) is 17.6. The zero-order chi connectivity index (χ0) is 26.7. The average molecular weight is 523 g/mol. The lowest BCUT2D eigenvalue weighted by Crippen LogP contribution is -2.42. The highest BCUT2D eigenvalue weighted by atomic mass is 32.1. The molecule has 0 saturated heterocycles. The van der Waals surface area contributed by atoms with E-state index in [0.717, 1.165) is 42.6 Å². The Kier molecular flexibility index (Phi) is 8.07. The number of aromatic carboxylic acids is 1. The Hall–Kier alpha value is -3.52. The molecular formula is C29H31FN2O4S. The average Bonchev–Trinajstić information content (AvgIpc) is 3.30. The Bertz CT molecular complexity index is 1290. The first-order valence-electron chi connectivity index (χ1n) is 12.5. The summed E-state index contributed by atoms with van der Waals surface area (Å²) in [5.41, 5.74) is 1.93. The maximum atomic E-state index is 13.5. The van der Waals surface area contributed by atoms with E-state index in [-0.39, 0.29) is 28.3 Å². The van der Waals surface area contributed by atoms with Gasteiger partial charge in [0.1, 0.15) is 10.7 Å². The Morgan fingerprint density at radius 3 is 2.30 bits per heavy atom. The van der Waals surface area contributed by atoms with Crippen molar-refractivity contribution < 1.29 is 23.9 Å². The number of nitrogens with one attached hydrogen (secondary N) is 1. The van der Waals surface area contributed by atoms with E-state index in [9.17, 15) is 23.9 Å². The number of anilines is 2. The number of carboxylic acid groups (broad SMARTS) is 1. The molecule has 0 atom stereocenters. The lowest BCUT2D eigenvalue weighted by molar-refractivity contribution is -0.123. The minimum absolute atomic E-state index is 0.0100. The van der Waals surface area contributed by atoms with E-state index < -0.39 is 17.7 Å². The van der Waals surface area contributed by atoms with Gasteiger partial charge >= 0.3 is 5.97 Å². The van der Waals surface area contributed by atoms with Crippen molar-refractivity contribution in [3.63, 3.8) is 0 Å². The number of carboxylic acids is 1. The third-order valence-corrected chi connectivity index (χ3v) is 7.96. The molecule has 1 aliphatic rings. The number of rotatable bonds is 7. The topological polar surface area (TPSA) is 86.7 Å². The highest BCUT2D eigenvalue weighted by Crippen LogP contribution is 2.40. The van der Waals surface area contributed by atoms with Gasteiger partial charge < -0.3 is 15.3 Å². The second-order valence-electron chi connectivity index (χ2n) is 9.93. The number of thiophene rings is 1. The highest BCUT2D eigenvalue weighted by Gasteiger charge is 2.33. The third-order valence-electron chi connectivity index (χ3n) is 6.80. The summed E-state index contributed by atoms with van der Waals surface area (Å²) in [6.45, 7) is 6.01. The molecule has 1 fully saturated rings. The Morgan fingerprint density at radius 2 is 1.70 bits per heavy atom. The molecule has 1 heterocycles. The maximum Gasteiger partial charge on any atom is 0.348 e. The van der Waals surface area contributed by atoms with Gasteiger partial charge in [0.25, 0.3) is 5.91 Å². The summed E-state index contributed by atoms with van der Waals surface area (Å²) in [7, 11) is 0. The van der Waals surface area contributed by atoms with Crippen molar-refractivity contribution in [1.82, 2.24) is 0 Å². The van der Waals surface area contributed by atoms with Crippen LogP contribution >= 0.6 is 11.3 Å². The Morgan fingerprint density at radius 1 is 1.03 bits per heavy atom. The van der Waals surface area contributed by atoms with Gasteiger partial charge in [0.05, 0.1) is 5.69 Å².